The Morgan fingerprint density at radius 2 is 2.00 bits per heavy atom. The number of rotatable bonds is 4. The molecule has 0 unspecified atom stereocenters. The van der Waals surface area contributed by atoms with Gasteiger partial charge in [-0.25, -0.2) is 9.47 Å². The van der Waals surface area contributed by atoms with Gasteiger partial charge in [-0.1, -0.05) is 11.8 Å². The highest BCUT2D eigenvalue weighted by molar-refractivity contribution is 7.98. The molecule has 9 nitrogen and oxygen atoms in total. The largest absolute Gasteiger partial charge is 0.469 e. The zero-order valence-electron chi connectivity index (χ0n) is 13.4. The van der Waals surface area contributed by atoms with Gasteiger partial charge in [0, 0.05) is 31.6 Å². The van der Waals surface area contributed by atoms with Gasteiger partial charge >= 0.3 is 5.69 Å². The van der Waals surface area contributed by atoms with Gasteiger partial charge in [-0.2, -0.15) is 0 Å². The summed E-state index contributed by atoms with van der Waals surface area (Å²) in [6.45, 7) is 1.81. The highest BCUT2D eigenvalue weighted by Crippen LogP contribution is 2.26. The van der Waals surface area contributed by atoms with Gasteiger partial charge in [-0.3, -0.25) is 13.9 Å². The minimum Gasteiger partial charge on any atom is -0.469 e. The Kier molecular flexibility index (Phi) is 4.06. The normalized spacial score (nSPS) is 11.1. The fourth-order valence-electron chi connectivity index (χ4n) is 2.23. The Bertz CT molecular complexity index is 1010. The summed E-state index contributed by atoms with van der Waals surface area (Å²) < 4.78 is 9.09. The van der Waals surface area contributed by atoms with E-state index in [-0.39, 0.29) is 11.2 Å². The van der Waals surface area contributed by atoms with Gasteiger partial charge in [0.25, 0.3) is 5.56 Å². The topological polar surface area (TPSA) is 114 Å². The summed E-state index contributed by atoms with van der Waals surface area (Å²) in [6, 6.07) is 3.19. The molecule has 126 valence electrons. The van der Waals surface area contributed by atoms with Crippen molar-refractivity contribution in [2.45, 2.75) is 17.8 Å². The molecule has 0 spiro atoms. The number of hydrogen-bond acceptors (Lipinski definition) is 7. The Morgan fingerprint density at radius 3 is 2.67 bits per heavy atom. The third kappa shape index (κ3) is 2.64. The average molecular weight is 348 g/mol. The second-order valence-electron chi connectivity index (χ2n) is 5.23. The molecule has 10 heteroatoms. The molecule has 0 radical (unpaired) electrons. The van der Waals surface area contributed by atoms with Crippen LogP contribution < -0.4 is 17.1 Å². The van der Waals surface area contributed by atoms with Crippen molar-refractivity contribution in [2.75, 3.05) is 5.84 Å². The molecule has 0 atom stereocenters. The molecule has 0 fully saturated rings. The summed E-state index contributed by atoms with van der Waals surface area (Å²) in [7, 11) is 3.06. The smallest absolute Gasteiger partial charge is 0.330 e. The number of aromatic nitrogens is 5. The van der Waals surface area contributed by atoms with Crippen molar-refractivity contribution in [3.8, 4) is 11.4 Å². The first kappa shape index (κ1) is 16.1. The second kappa shape index (κ2) is 6.04. The summed E-state index contributed by atoms with van der Waals surface area (Å²) in [5, 5.41) is 8.61. The maximum Gasteiger partial charge on any atom is 0.330 e. The van der Waals surface area contributed by atoms with Gasteiger partial charge in [0.05, 0.1) is 11.8 Å². The predicted molar refractivity (Wildman–Crippen MR) is 89.1 cm³/mol. The molecular weight excluding hydrogens is 332 g/mol. The van der Waals surface area contributed by atoms with E-state index >= 15 is 0 Å². The van der Waals surface area contributed by atoms with E-state index in [4.69, 9.17) is 10.3 Å². The number of thioether (sulfide) groups is 1. The van der Waals surface area contributed by atoms with Gasteiger partial charge in [0.1, 0.15) is 5.76 Å². The third-order valence-corrected chi connectivity index (χ3v) is 4.72. The second-order valence-corrected chi connectivity index (χ2v) is 6.17. The fourth-order valence-corrected chi connectivity index (χ4v) is 3.11. The van der Waals surface area contributed by atoms with Crippen LogP contribution in [-0.4, -0.2) is 24.0 Å². The molecule has 0 aliphatic carbocycles. The van der Waals surface area contributed by atoms with E-state index in [1.807, 2.05) is 6.92 Å². The van der Waals surface area contributed by atoms with Gasteiger partial charge in [0.15, 0.2) is 5.82 Å². The highest BCUT2D eigenvalue weighted by atomic mass is 32.2. The molecule has 0 aromatic carbocycles. The van der Waals surface area contributed by atoms with Crippen LogP contribution in [0.2, 0.25) is 0 Å². The van der Waals surface area contributed by atoms with Crippen molar-refractivity contribution in [3.63, 3.8) is 0 Å². The van der Waals surface area contributed by atoms with Gasteiger partial charge in [-0.05, 0) is 13.0 Å². The van der Waals surface area contributed by atoms with Crippen LogP contribution in [0.25, 0.3) is 11.4 Å². The van der Waals surface area contributed by atoms with E-state index in [9.17, 15) is 9.59 Å². The van der Waals surface area contributed by atoms with Gasteiger partial charge < -0.3 is 10.3 Å². The number of hydrogen-bond donors (Lipinski definition) is 1. The lowest BCUT2D eigenvalue weighted by atomic mass is 10.2. The van der Waals surface area contributed by atoms with E-state index in [1.54, 1.807) is 19.4 Å². The van der Waals surface area contributed by atoms with Crippen LogP contribution in [0.4, 0.5) is 0 Å². The molecule has 0 saturated heterocycles. The van der Waals surface area contributed by atoms with Crippen LogP contribution in [0.15, 0.2) is 37.6 Å². The maximum absolute atomic E-state index is 11.9. The fraction of sp³-hybridized carbons (Fsp3) is 0.286. The highest BCUT2D eigenvalue weighted by Gasteiger charge is 2.16. The SMILES string of the molecule is Cc1occc1-c1nnc(SCc2cc(=O)n(C)c(=O)n2C)n1N. The number of aryl methyl sites for hydroxylation is 1. The monoisotopic (exact) mass is 348 g/mol. The molecule has 3 aromatic rings. The lowest BCUT2D eigenvalue weighted by Crippen LogP contribution is -2.37. The van der Waals surface area contributed by atoms with Gasteiger partial charge in [0.2, 0.25) is 5.16 Å². The van der Waals surface area contributed by atoms with Crippen molar-refractivity contribution in [1.29, 1.82) is 0 Å². The van der Waals surface area contributed by atoms with Crippen molar-refractivity contribution in [3.05, 3.63) is 50.7 Å². The molecule has 3 rings (SSSR count). The van der Waals surface area contributed by atoms with E-state index in [1.165, 1.54) is 34.1 Å². The Hall–Kier alpha value is -2.75. The van der Waals surface area contributed by atoms with E-state index in [0.29, 0.717) is 28.2 Å². The van der Waals surface area contributed by atoms with Crippen LogP contribution in [0.3, 0.4) is 0 Å². The molecule has 3 heterocycles. The zero-order valence-corrected chi connectivity index (χ0v) is 14.2. The lowest BCUT2D eigenvalue weighted by Gasteiger charge is -2.08. The molecule has 24 heavy (non-hydrogen) atoms. The first-order valence-corrected chi connectivity index (χ1v) is 8.02. The maximum atomic E-state index is 11.9. The average Bonchev–Trinajstić information content (AvgIpc) is 3.13. The van der Waals surface area contributed by atoms with Crippen molar-refractivity contribution >= 4 is 11.8 Å². The van der Waals surface area contributed by atoms with E-state index in [0.717, 1.165) is 10.1 Å². The Morgan fingerprint density at radius 1 is 1.25 bits per heavy atom. The minimum absolute atomic E-state index is 0.349. The summed E-state index contributed by atoms with van der Waals surface area (Å²) >= 11 is 1.29. The molecule has 3 aromatic heterocycles. The molecular formula is C14H16N6O3S. The van der Waals surface area contributed by atoms with E-state index < -0.39 is 0 Å². The van der Waals surface area contributed by atoms with Crippen LogP contribution in [0, 0.1) is 6.92 Å². The van der Waals surface area contributed by atoms with Crippen molar-refractivity contribution in [1.82, 2.24) is 24.0 Å². The molecule has 2 N–H and O–H groups in total. The Balaban J connectivity index is 1.87. The third-order valence-electron chi connectivity index (χ3n) is 3.74. The van der Waals surface area contributed by atoms with E-state index in [2.05, 4.69) is 10.2 Å². The first-order chi connectivity index (χ1) is 11.4. The zero-order chi connectivity index (χ0) is 17.4. The Labute approximate surface area is 140 Å². The minimum atomic E-state index is -0.373. The number of nitrogens with two attached hydrogens (primary N) is 1. The lowest BCUT2D eigenvalue weighted by molar-refractivity contribution is 0.535. The standard InChI is InChI=1S/C14H16N6O3S/c1-8-10(4-5-23-8)12-16-17-13(20(12)15)24-7-9-6-11(21)19(3)14(22)18(9)2/h4-6H,7,15H2,1-3H3. The van der Waals surface area contributed by atoms with Crippen LogP contribution in [0.1, 0.15) is 11.5 Å². The summed E-state index contributed by atoms with van der Waals surface area (Å²) in [6.07, 6.45) is 1.56. The quantitative estimate of drug-likeness (QED) is 0.531. The first-order valence-electron chi connectivity index (χ1n) is 7.04. The summed E-state index contributed by atoms with van der Waals surface area (Å²) in [5.74, 6) is 7.59. The summed E-state index contributed by atoms with van der Waals surface area (Å²) in [4.78, 5) is 23.7. The van der Waals surface area contributed by atoms with Gasteiger partial charge in [-0.15, -0.1) is 10.2 Å². The van der Waals surface area contributed by atoms with Crippen LogP contribution >= 0.6 is 11.8 Å². The summed E-state index contributed by atoms with van der Waals surface area (Å²) in [5.41, 5.74) is 0.620. The predicted octanol–water partition coefficient (Wildman–Crippen LogP) is 0.250. The van der Waals surface area contributed by atoms with Crippen molar-refractivity contribution < 1.29 is 4.42 Å². The van der Waals surface area contributed by atoms with Crippen LogP contribution in [0.5, 0.6) is 0 Å². The molecule has 0 bridgehead atoms. The van der Waals surface area contributed by atoms with Crippen LogP contribution in [-0.2, 0) is 19.8 Å². The van der Waals surface area contributed by atoms with Crippen molar-refractivity contribution in [2.24, 2.45) is 14.1 Å². The molecule has 0 aliphatic heterocycles. The molecule has 0 amide bonds. The number of nitrogen functional groups attached to an aromatic ring is 1. The number of furan rings is 1. The molecule has 0 saturated carbocycles. The molecule has 0 aliphatic rings. The number of nitrogens with zero attached hydrogens (tertiary/aromatic N) is 5.